The van der Waals surface area contributed by atoms with Crippen molar-refractivity contribution in [2.45, 2.75) is 6.54 Å². The largest absolute Gasteiger partial charge is 0.356 e. The van der Waals surface area contributed by atoms with Crippen molar-refractivity contribution in [1.29, 1.82) is 0 Å². The van der Waals surface area contributed by atoms with E-state index < -0.39 is 0 Å². The standard InChI is InChI=1S/C21H16N6O2S/c28-21(25-17-12-24-26-19(17)20-22-7-8-30-20)23-11-16-10-18(29-27-16)15-6-5-13-3-1-2-4-14(13)9-15/h1-10,12H,11H2,(H,24,26)(H2,23,25,28). The Hall–Kier alpha value is -3.98. The van der Waals surface area contributed by atoms with Gasteiger partial charge in [0.1, 0.15) is 16.4 Å². The van der Waals surface area contributed by atoms with Crippen LogP contribution < -0.4 is 10.6 Å². The number of amides is 2. The lowest BCUT2D eigenvalue weighted by Crippen LogP contribution is -2.28. The summed E-state index contributed by atoms with van der Waals surface area (Å²) in [6.45, 7) is 0.230. The molecular weight excluding hydrogens is 400 g/mol. The van der Waals surface area contributed by atoms with Crippen LogP contribution in [0.3, 0.4) is 0 Å². The lowest BCUT2D eigenvalue weighted by atomic mass is 10.1. The van der Waals surface area contributed by atoms with Crippen molar-refractivity contribution in [3.05, 3.63) is 72.0 Å². The molecule has 0 spiro atoms. The van der Waals surface area contributed by atoms with Gasteiger partial charge in [-0.05, 0) is 16.8 Å². The number of aromatic amines is 1. The summed E-state index contributed by atoms with van der Waals surface area (Å²) in [5, 5.41) is 21.3. The average Bonchev–Trinajstić information content (AvgIpc) is 3.53. The number of urea groups is 1. The maximum atomic E-state index is 12.3. The van der Waals surface area contributed by atoms with E-state index in [0.717, 1.165) is 21.3 Å². The molecule has 8 nitrogen and oxygen atoms in total. The second-order valence-electron chi connectivity index (χ2n) is 6.55. The third-order valence-corrected chi connectivity index (χ3v) is 5.35. The van der Waals surface area contributed by atoms with Gasteiger partial charge < -0.3 is 15.2 Å². The molecule has 0 bridgehead atoms. The normalized spacial score (nSPS) is 10.9. The zero-order valence-corrected chi connectivity index (χ0v) is 16.4. The van der Waals surface area contributed by atoms with Crippen molar-refractivity contribution in [2.24, 2.45) is 0 Å². The molecule has 0 fully saturated rings. The predicted molar refractivity (Wildman–Crippen MR) is 115 cm³/mol. The van der Waals surface area contributed by atoms with E-state index in [1.54, 1.807) is 12.4 Å². The molecule has 0 atom stereocenters. The van der Waals surface area contributed by atoms with Crippen LogP contribution >= 0.6 is 11.3 Å². The predicted octanol–water partition coefficient (Wildman–Crippen LogP) is 4.66. The summed E-state index contributed by atoms with van der Waals surface area (Å²) < 4.78 is 5.46. The van der Waals surface area contributed by atoms with Gasteiger partial charge in [0.15, 0.2) is 5.76 Å². The highest BCUT2D eigenvalue weighted by atomic mass is 32.1. The van der Waals surface area contributed by atoms with E-state index >= 15 is 0 Å². The molecule has 5 rings (SSSR count). The van der Waals surface area contributed by atoms with E-state index in [2.05, 4.69) is 49.2 Å². The van der Waals surface area contributed by atoms with Gasteiger partial charge in [-0.25, -0.2) is 9.78 Å². The van der Waals surface area contributed by atoms with Crippen molar-refractivity contribution in [2.75, 3.05) is 5.32 Å². The first-order valence-electron chi connectivity index (χ1n) is 9.19. The molecule has 0 radical (unpaired) electrons. The zero-order chi connectivity index (χ0) is 20.3. The van der Waals surface area contributed by atoms with Crippen LogP contribution in [0.15, 0.2) is 70.8 Å². The average molecular weight is 416 g/mol. The quantitative estimate of drug-likeness (QED) is 0.386. The van der Waals surface area contributed by atoms with Crippen LogP contribution in [0, 0.1) is 0 Å². The highest BCUT2D eigenvalue weighted by molar-refractivity contribution is 7.13. The number of thiazole rings is 1. The van der Waals surface area contributed by atoms with Crippen molar-refractivity contribution in [3.63, 3.8) is 0 Å². The Morgan fingerprint density at radius 3 is 2.90 bits per heavy atom. The van der Waals surface area contributed by atoms with Crippen molar-refractivity contribution in [3.8, 4) is 22.0 Å². The van der Waals surface area contributed by atoms with E-state index in [1.807, 2.05) is 35.7 Å². The molecule has 3 aromatic heterocycles. The summed E-state index contributed by atoms with van der Waals surface area (Å²) in [6.07, 6.45) is 3.24. The lowest BCUT2D eigenvalue weighted by molar-refractivity contribution is 0.251. The number of fused-ring (bicyclic) bond motifs is 1. The molecule has 0 saturated carbocycles. The zero-order valence-electron chi connectivity index (χ0n) is 15.6. The van der Waals surface area contributed by atoms with Crippen LogP contribution in [0.4, 0.5) is 10.5 Å². The molecule has 0 aliphatic carbocycles. The van der Waals surface area contributed by atoms with Gasteiger partial charge in [0.2, 0.25) is 0 Å². The van der Waals surface area contributed by atoms with Crippen LogP contribution in [0.1, 0.15) is 5.69 Å². The maximum Gasteiger partial charge on any atom is 0.319 e. The second kappa shape index (κ2) is 7.80. The summed E-state index contributed by atoms with van der Waals surface area (Å²) in [5.41, 5.74) is 2.78. The van der Waals surface area contributed by atoms with E-state index in [-0.39, 0.29) is 12.6 Å². The molecule has 3 heterocycles. The van der Waals surface area contributed by atoms with Gasteiger partial charge in [0, 0.05) is 23.2 Å². The van der Waals surface area contributed by atoms with Gasteiger partial charge in [-0.15, -0.1) is 11.3 Å². The Balaban J connectivity index is 1.24. The number of rotatable bonds is 5. The van der Waals surface area contributed by atoms with E-state index in [9.17, 15) is 4.79 Å². The molecule has 3 N–H and O–H groups in total. The first-order chi connectivity index (χ1) is 14.8. The minimum Gasteiger partial charge on any atom is -0.356 e. The molecule has 0 unspecified atom stereocenters. The molecular formula is C21H16N6O2S. The molecule has 148 valence electrons. The minimum atomic E-state index is -0.371. The van der Waals surface area contributed by atoms with Crippen LogP contribution in [0.25, 0.3) is 32.8 Å². The summed E-state index contributed by atoms with van der Waals surface area (Å²) >= 11 is 1.46. The number of aromatic nitrogens is 4. The van der Waals surface area contributed by atoms with Crippen LogP contribution in [-0.2, 0) is 6.54 Å². The van der Waals surface area contributed by atoms with E-state index in [1.165, 1.54) is 11.3 Å². The second-order valence-corrected chi connectivity index (χ2v) is 7.44. The fourth-order valence-electron chi connectivity index (χ4n) is 3.10. The highest BCUT2D eigenvalue weighted by Gasteiger charge is 2.13. The fourth-order valence-corrected chi connectivity index (χ4v) is 3.75. The van der Waals surface area contributed by atoms with Gasteiger partial charge >= 0.3 is 6.03 Å². The van der Waals surface area contributed by atoms with Gasteiger partial charge in [-0.3, -0.25) is 5.10 Å². The SMILES string of the molecule is O=C(NCc1cc(-c2ccc3ccccc3c2)on1)Nc1cn[nH]c1-c1nccs1. The molecule has 2 aromatic carbocycles. The number of nitrogens with zero attached hydrogens (tertiary/aromatic N) is 3. The van der Waals surface area contributed by atoms with E-state index in [0.29, 0.717) is 22.8 Å². The third kappa shape index (κ3) is 3.65. The molecule has 0 aliphatic rings. The Bertz CT molecular complexity index is 1310. The Morgan fingerprint density at radius 2 is 2.03 bits per heavy atom. The third-order valence-electron chi connectivity index (χ3n) is 4.56. The molecule has 9 heteroatoms. The molecule has 30 heavy (non-hydrogen) atoms. The number of anilines is 1. The topological polar surface area (TPSA) is 109 Å². The van der Waals surface area contributed by atoms with Crippen LogP contribution in [0.2, 0.25) is 0 Å². The number of benzene rings is 2. The summed E-state index contributed by atoms with van der Waals surface area (Å²) in [7, 11) is 0. The maximum absolute atomic E-state index is 12.3. The molecule has 0 saturated heterocycles. The number of hydrogen-bond donors (Lipinski definition) is 3. The molecule has 5 aromatic rings. The van der Waals surface area contributed by atoms with Crippen molar-refractivity contribution >= 4 is 33.8 Å². The van der Waals surface area contributed by atoms with Crippen LogP contribution in [-0.4, -0.2) is 26.4 Å². The monoisotopic (exact) mass is 416 g/mol. The number of nitrogens with one attached hydrogen (secondary N) is 3. The molecule has 0 aliphatic heterocycles. The number of carbonyl (C=O) groups is 1. The highest BCUT2D eigenvalue weighted by Crippen LogP contribution is 2.27. The molecule has 2 amide bonds. The van der Waals surface area contributed by atoms with Gasteiger partial charge in [-0.2, -0.15) is 5.10 Å². The first-order valence-corrected chi connectivity index (χ1v) is 10.1. The summed E-state index contributed by atoms with van der Waals surface area (Å²) in [4.78, 5) is 16.5. The lowest BCUT2D eigenvalue weighted by Gasteiger charge is -2.05. The number of hydrogen-bond acceptors (Lipinski definition) is 6. The van der Waals surface area contributed by atoms with Gasteiger partial charge in [0.05, 0.1) is 18.4 Å². The number of H-pyrrole nitrogens is 1. The number of carbonyl (C=O) groups excluding carboxylic acids is 1. The Kier molecular flexibility index (Phi) is 4.70. The Labute approximate surface area is 174 Å². The van der Waals surface area contributed by atoms with Crippen molar-refractivity contribution < 1.29 is 9.32 Å². The summed E-state index contributed by atoms with van der Waals surface area (Å²) in [6, 6.07) is 15.7. The van der Waals surface area contributed by atoms with Crippen molar-refractivity contribution in [1.82, 2.24) is 25.7 Å². The van der Waals surface area contributed by atoms with Gasteiger partial charge in [0.25, 0.3) is 0 Å². The van der Waals surface area contributed by atoms with Gasteiger partial charge in [-0.1, -0.05) is 41.6 Å². The smallest absolute Gasteiger partial charge is 0.319 e. The van der Waals surface area contributed by atoms with E-state index in [4.69, 9.17) is 4.52 Å². The first kappa shape index (κ1) is 18.1. The van der Waals surface area contributed by atoms with Crippen LogP contribution in [0.5, 0.6) is 0 Å². The summed E-state index contributed by atoms with van der Waals surface area (Å²) in [5.74, 6) is 0.652. The minimum absolute atomic E-state index is 0.230. The fraction of sp³-hybridized carbons (Fsp3) is 0.0476. The Morgan fingerprint density at radius 1 is 1.13 bits per heavy atom.